The summed E-state index contributed by atoms with van der Waals surface area (Å²) in [5.74, 6) is 1.76. The van der Waals surface area contributed by atoms with Gasteiger partial charge < -0.3 is 4.74 Å². The third kappa shape index (κ3) is 3.77. The van der Waals surface area contributed by atoms with Crippen molar-refractivity contribution in [3.05, 3.63) is 0 Å². The maximum absolute atomic E-state index is 11.9. The molecule has 1 aliphatic heterocycles. The Bertz CT molecular complexity index is 349. The van der Waals surface area contributed by atoms with E-state index in [1.165, 1.54) is 4.90 Å². The van der Waals surface area contributed by atoms with Gasteiger partial charge in [0.25, 0.3) is 0 Å². The molecule has 1 heterocycles. The van der Waals surface area contributed by atoms with E-state index in [2.05, 4.69) is 5.92 Å². The summed E-state index contributed by atoms with van der Waals surface area (Å²) in [5.41, 5.74) is -0.557. The number of hydrogen-bond acceptors (Lipinski definition) is 3. The third-order valence-electron chi connectivity index (χ3n) is 2.58. The topological polar surface area (TPSA) is 46.6 Å². The zero-order valence-corrected chi connectivity index (χ0v) is 10.7. The Morgan fingerprint density at radius 2 is 2.00 bits per heavy atom. The van der Waals surface area contributed by atoms with Gasteiger partial charge in [-0.25, -0.2) is 4.79 Å². The van der Waals surface area contributed by atoms with E-state index in [1.54, 1.807) is 20.8 Å². The lowest BCUT2D eigenvalue weighted by atomic mass is 9.99. The predicted molar refractivity (Wildman–Crippen MR) is 64.4 cm³/mol. The number of likely N-dealkylation sites (tertiary alicyclic amines) is 1. The zero-order valence-electron chi connectivity index (χ0n) is 10.7. The Hall–Kier alpha value is -1.50. The monoisotopic (exact) mass is 237 g/mol. The van der Waals surface area contributed by atoms with Crippen molar-refractivity contribution in [3.63, 3.8) is 0 Å². The lowest BCUT2D eigenvalue weighted by molar-refractivity contribution is -0.119. The second kappa shape index (κ2) is 5.22. The highest BCUT2D eigenvalue weighted by molar-refractivity contribution is 6.00. The van der Waals surface area contributed by atoms with Gasteiger partial charge in [-0.3, -0.25) is 9.69 Å². The molecule has 1 atom stereocenters. The molecular formula is C13H19NO3. The molecule has 0 N–H and O–H groups in total. The van der Waals surface area contributed by atoms with Crippen LogP contribution in [0.15, 0.2) is 0 Å². The van der Waals surface area contributed by atoms with Crippen molar-refractivity contribution in [1.82, 2.24) is 4.90 Å². The fraction of sp³-hybridized carbons (Fsp3) is 0.692. The van der Waals surface area contributed by atoms with E-state index in [9.17, 15) is 9.59 Å². The van der Waals surface area contributed by atoms with Gasteiger partial charge in [-0.15, -0.1) is 6.42 Å². The smallest absolute Gasteiger partial charge is 0.410 e. The molecule has 0 aromatic rings. The number of carbonyl (C=O) groups is 2. The first-order valence-electron chi connectivity index (χ1n) is 5.85. The van der Waals surface area contributed by atoms with E-state index in [1.807, 2.05) is 0 Å². The normalized spacial score (nSPS) is 20.6. The molecule has 1 fully saturated rings. The second-order valence-corrected chi connectivity index (χ2v) is 5.19. The van der Waals surface area contributed by atoms with Crippen molar-refractivity contribution in [3.8, 4) is 12.3 Å². The number of terminal acetylenes is 1. The van der Waals surface area contributed by atoms with E-state index in [-0.39, 0.29) is 5.78 Å². The summed E-state index contributed by atoms with van der Waals surface area (Å²) in [5, 5.41) is 0. The number of ether oxygens (including phenoxy) is 1. The Morgan fingerprint density at radius 3 is 2.53 bits per heavy atom. The van der Waals surface area contributed by atoms with E-state index < -0.39 is 17.7 Å². The molecule has 0 aliphatic carbocycles. The fourth-order valence-electron chi connectivity index (χ4n) is 1.84. The maximum atomic E-state index is 11.9. The first-order chi connectivity index (χ1) is 7.85. The quantitative estimate of drug-likeness (QED) is 0.517. The van der Waals surface area contributed by atoms with Crippen molar-refractivity contribution < 1.29 is 14.3 Å². The van der Waals surface area contributed by atoms with Gasteiger partial charge >= 0.3 is 6.09 Å². The highest BCUT2D eigenvalue weighted by atomic mass is 16.6. The minimum absolute atomic E-state index is 0.337. The number of Topliss-reactive ketones (excluding diaryl/α,β-unsaturated/α-hetero) is 1. The summed E-state index contributed by atoms with van der Waals surface area (Å²) >= 11 is 0. The van der Waals surface area contributed by atoms with Crippen LogP contribution >= 0.6 is 0 Å². The standard InChI is InChI=1S/C13H19NO3/c1-5-11(15)10-8-6-7-9-14(10)12(16)17-13(2,3)4/h1,10H,6-9H2,2-4H3/t10-/m0/s1. The summed E-state index contributed by atoms with van der Waals surface area (Å²) in [7, 11) is 0. The first kappa shape index (κ1) is 13.6. The van der Waals surface area contributed by atoms with Gasteiger partial charge in [-0.1, -0.05) is 0 Å². The van der Waals surface area contributed by atoms with Crippen LogP contribution in [-0.4, -0.2) is 35.0 Å². The van der Waals surface area contributed by atoms with E-state index >= 15 is 0 Å². The molecule has 4 heteroatoms. The lowest BCUT2D eigenvalue weighted by Gasteiger charge is -2.34. The van der Waals surface area contributed by atoms with E-state index in [4.69, 9.17) is 11.2 Å². The van der Waals surface area contributed by atoms with Crippen molar-refractivity contribution >= 4 is 11.9 Å². The van der Waals surface area contributed by atoms with Crippen LogP contribution in [0.4, 0.5) is 4.79 Å². The van der Waals surface area contributed by atoms with Crippen molar-refractivity contribution in [1.29, 1.82) is 0 Å². The molecule has 0 radical (unpaired) electrons. The van der Waals surface area contributed by atoms with Crippen LogP contribution in [-0.2, 0) is 9.53 Å². The molecule has 1 saturated heterocycles. The average Bonchev–Trinajstić information content (AvgIpc) is 2.25. The van der Waals surface area contributed by atoms with Crippen LogP contribution < -0.4 is 0 Å². The molecule has 17 heavy (non-hydrogen) atoms. The number of nitrogens with zero attached hydrogens (tertiary/aromatic N) is 1. The summed E-state index contributed by atoms with van der Waals surface area (Å²) in [6.07, 6.45) is 7.09. The third-order valence-corrected chi connectivity index (χ3v) is 2.58. The fourth-order valence-corrected chi connectivity index (χ4v) is 1.84. The van der Waals surface area contributed by atoms with Crippen molar-refractivity contribution in [2.45, 2.75) is 51.7 Å². The molecule has 0 saturated carbocycles. The molecule has 0 unspecified atom stereocenters. The lowest BCUT2D eigenvalue weighted by Crippen LogP contribution is -2.49. The molecule has 0 aromatic heterocycles. The molecule has 0 spiro atoms. The minimum atomic E-state index is -0.557. The molecule has 1 amide bonds. The van der Waals surface area contributed by atoms with E-state index in [0.29, 0.717) is 13.0 Å². The Labute approximate surface area is 102 Å². The minimum Gasteiger partial charge on any atom is -0.444 e. The largest absolute Gasteiger partial charge is 0.444 e. The second-order valence-electron chi connectivity index (χ2n) is 5.19. The van der Waals surface area contributed by atoms with Gasteiger partial charge in [0.2, 0.25) is 5.78 Å². The highest BCUT2D eigenvalue weighted by Crippen LogP contribution is 2.20. The van der Waals surface area contributed by atoms with Crippen LogP contribution in [0.1, 0.15) is 40.0 Å². The summed E-state index contributed by atoms with van der Waals surface area (Å²) in [6.45, 7) is 5.93. The maximum Gasteiger partial charge on any atom is 0.410 e. The Morgan fingerprint density at radius 1 is 1.35 bits per heavy atom. The Kier molecular flexibility index (Phi) is 4.17. The molecule has 0 aromatic carbocycles. The number of piperidine rings is 1. The van der Waals surface area contributed by atoms with Crippen LogP contribution in [0.25, 0.3) is 0 Å². The van der Waals surface area contributed by atoms with Crippen LogP contribution in [0.5, 0.6) is 0 Å². The van der Waals surface area contributed by atoms with E-state index in [0.717, 1.165) is 12.8 Å². The number of rotatable bonds is 1. The highest BCUT2D eigenvalue weighted by Gasteiger charge is 2.33. The van der Waals surface area contributed by atoms with Crippen LogP contribution in [0, 0.1) is 12.3 Å². The number of ketones is 1. The van der Waals surface area contributed by atoms with Crippen LogP contribution in [0.2, 0.25) is 0 Å². The van der Waals surface area contributed by atoms with Gasteiger partial charge in [0.1, 0.15) is 11.6 Å². The molecule has 4 nitrogen and oxygen atoms in total. The van der Waals surface area contributed by atoms with Gasteiger partial charge in [0.15, 0.2) is 0 Å². The van der Waals surface area contributed by atoms with Crippen LogP contribution in [0.3, 0.4) is 0 Å². The number of amides is 1. The summed E-state index contributed by atoms with van der Waals surface area (Å²) in [6, 6.07) is -0.511. The van der Waals surface area contributed by atoms with Crippen molar-refractivity contribution in [2.24, 2.45) is 0 Å². The summed E-state index contributed by atoms with van der Waals surface area (Å²) in [4.78, 5) is 24.9. The van der Waals surface area contributed by atoms with Crippen molar-refractivity contribution in [2.75, 3.05) is 6.54 Å². The van der Waals surface area contributed by atoms with Gasteiger partial charge in [-0.05, 0) is 46.0 Å². The number of hydrogen-bond donors (Lipinski definition) is 0. The Balaban J connectivity index is 2.75. The van der Waals surface area contributed by atoms with Gasteiger partial charge in [0.05, 0.1) is 0 Å². The molecule has 0 bridgehead atoms. The molecule has 1 aliphatic rings. The average molecular weight is 237 g/mol. The number of carbonyl (C=O) groups excluding carboxylic acids is 2. The molecule has 94 valence electrons. The van der Waals surface area contributed by atoms with Gasteiger partial charge in [0, 0.05) is 6.54 Å². The molecule has 1 rings (SSSR count). The molecular weight excluding hydrogens is 218 g/mol. The summed E-state index contributed by atoms with van der Waals surface area (Å²) < 4.78 is 5.27. The predicted octanol–water partition coefficient (Wildman–Crippen LogP) is 1.98. The zero-order chi connectivity index (χ0) is 13.1. The van der Waals surface area contributed by atoms with Gasteiger partial charge in [-0.2, -0.15) is 0 Å². The first-order valence-corrected chi connectivity index (χ1v) is 5.85. The SMILES string of the molecule is C#CC(=O)[C@@H]1CCCCN1C(=O)OC(C)(C)C.